The third-order valence-corrected chi connectivity index (χ3v) is 3.12. The Kier molecular flexibility index (Phi) is 2.78. The summed E-state index contributed by atoms with van der Waals surface area (Å²) < 4.78 is 2.25. The lowest BCUT2D eigenvalue weighted by Crippen LogP contribution is -2.52. The van der Waals surface area contributed by atoms with Gasteiger partial charge in [-0.25, -0.2) is 0 Å². The maximum Gasteiger partial charge on any atom is 0.187 e. The SMILES string of the molecule is Cc1cc[n+](C(C)(C)c2ccccc2)cc1. The van der Waals surface area contributed by atoms with Crippen LogP contribution in [0.3, 0.4) is 0 Å². The Hall–Kier alpha value is -1.63. The van der Waals surface area contributed by atoms with E-state index in [2.05, 4.69) is 80.2 Å². The molecule has 2 rings (SSSR count). The molecule has 0 aliphatic carbocycles. The van der Waals surface area contributed by atoms with Crippen LogP contribution >= 0.6 is 0 Å². The van der Waals surface area contributed by atoms with Crippen LogP contribution in [0.4, 0.5) is 0 Å². The number of aryl methyl sites for hydroxylation is 1. The summed E-state index contributed by atoms with van der Waals surface area (Å²) in [7, 11) is 0. The monoisotopic (exact) mass is 212 g/mol. The second-order valence-corrected chi connectivity index (χ2v) is 4.71. The molecule has 0 atom stereocenters. The quantitative estimate of drug-likeness (QED) is 0.674. The van der Waals surface area contributed by atoms with Crippen LogP contribution in [0.25, 0.3) is 0 Å². The Balaban J connectivity index is 2.43. The van der Waals surface area contributed by atoms with E-state index in [0.717, 1.165) is 0 Å². The van der Waals surface area contributed by atoms with Crippen LogP contribution in [0.2, 0.25) is 0 Å². The number of nitrogens with zero attached hydrogens (tertiary/aromatic N) is 1. The summed E-state index contributed by atoms with van der Waals surface area (Å²) >= 11 is 0. The smallest absolute Gasteiger partial charge is 0.187 e. The minimum Gasteiger partial charge on any atom is -0.196 e. The second-order valence-electron chi connectivity index (χ2n) is 4.71. The van der Waals surface area contributed by atoms with Gasteiger partial charge >= 0.3 is 0 Å². The molecule has 0 unspecified atom stereocenters. The molecule has 0 bridgehead atoms. The van der Waals surface area contributed by atoms with Crippen molar-refractivity contribution in [1.29, 1.82) is 0 Å². The van der Waals surface area contributed by atoms with Crippen LogP contribution in [0, 0.1) is 6.92 Å². The molecule has 0 N–H and O–H groups in total. The zero-order valence-electron chi connectivity index (χ0n) is 10.1. The molecule has 0 aliphatic rings. The first-order valence-electron chi connectivity index (χ1n) is 5.64. The molecule has 1 aromatic heterocycles. The number of hydrogen-bond acceptors (Lipinski definition) is 0. The Labute approximate surface area is 97.4 Å². The van der Waals surface area contributed by atoms with Crippen LogP contribution in [0.5, 0.6) is 0 Å². The Morgan fingerprint density at radius 1 is 0.875 bits per heavy atom. The fourth-order valence-corrected chi connectivity index (χ4v) is 1.87. The number of aromatic nitrogens is 1. The van der Waals surface area contributed by atoms with E-state index >= 15 is 0 Å². The fourth-order valence-electron chi connectivity index (χ4n) is 1.87. The van der Waals surface area contributed by atoms with Crippen LogP contribution in [-0.4, -0.2) is 0 Å². The van der Waals surface area contributed by atoms with E-state index in [0.29, 0.717) is 0 Å². The molecule has 0 radical (unpaired) electrons. The summed E-state index contributed by atoms with van der Waals surface area (Å²) in [5.41, 5.74) is 2.61. The molecule has 1 heteroatoms. The predicted molar refractivity (Wildman–Crippen MR) is 66.2 cm³/mol. The van der Waals surface area contributed by atoms with Crippen molar-refractivity contribution in [3.8, 4) is 0 Å². The van der Waals surface area contributed by atoms with E-state index in [4.69, 9.17) is 0 Å². The van der Waals surface area contributed by atoms with E-state index in [-0.39, 0.29) is 5.54 Å². The Bertz CT molecular complexity index is 455. The Morgan fingerprint density at radius 2 is 1.44 bits per heavy atom. The summed E-state index contributed by atoms with van der Waals surface area (Å²) in [4.78, 5) is 0. The maximum absolute atomic E-state index is 2.25. The van der Waals surface area contributed by atoms with E-state index in [9.17, 15) is 0 Å². The highest BCUT2D eigenvalue weighted by Crippen LogP contribution is 2.18. The van der Waals surface area contributed by atoms with Gasteiger partial charge in [0.15, 0.2) is 17.9 Å². The normalized spacial score (nSPS) is 11.4. The molecule has 0 aliphatic heterocycles. The molecule has 2 aromatic rings. The molecule has 0 saturated heterocycles. The molecule has 0 amide bonds. The molecule has 0 spiro atoms. The van der Waals surface area contributed by atoms with Crippen molar-refractivity contribution in [3.63, 3.8) is 0 Å². The van der Waals surface area contributed by atoms with Crippen molar-refractivity contribution >= 4 is 0 Å². The standard InChI is InChI=1S/C15H18N/c1-13-9-11-16(12-10-13)15(2,3)14-7-5-4-6-8-14/h4-12H,1-3H3/q+1. The van der Waals surface area contributed by atoms with Crippen LogP contribution in [0.1, 0.15) is 25.0 Å². The van der Waals surface area contributed by atoms with E-state index in [1.165, 1.54) is 11.1 Å². The third-order valence-electron chi connectivity index (χ3n) is 3.12. The number of benzene rings is 1. The first kappa shape index (κ1) is 10.9. The summed E-state index contributed by atoms with van der Waals surface area (Å²) in [6.07, 6.45) is 4.28. The number of pyridine rings is 1. The zero-order chi connectivity index (χ0) is 11.6. The van der Waals surface area contributed by atoms with Gasteiger partial charge < -0.3 is 0 Å². The summed E-state index contributed by atoms with van der Waals surface area (Å²) in [5.74, 6) is 0. The molecule has 0 fully saturated rings. The number of hydrogen-bond donors (Lipinski definition) is 0. The largest absolute Gasteiger partial charge is 0.196 e. The van der Waals surface area contributed by atoms with Crippen molar-refractivity contribution in [2.45, 2.75) is 26.3 Å². The number of rotatable bonds is 2. The topological polar surface area (TPSA) is 3.88 Å². The van der Waals surface area contributed by atoms with Crippen LogP contribution in [-0.2, 0) is 5.54 Å². The predicted octanol–water partition coefficient (Wildman–Crippen LogP) is 3.07. The molecule has 1 aromatic carbocycles. The minimum atomic E-state index is -0.00500. The summed E-state index contributed by atoms with van der Waals surface area (Å²) in [6.45, 7) is 6.58. The van der Waals surface area contributed by atoms with Crippen molar-refractivity contribution in [1.82, 2.24) is 0 Å². The lowest BCUT2D eigenvalue weighted by atomic mass is 9.94. The van der Waals surface area contributed by atoms with Gasteiger partial charge in [0.25, 0.3) is 0 Å². The van der Waals surface area contributed by atoms with Crippen molar-refractivity contribution in [2.24, 2.45) is 0 Å². The highest BCUT2D eigenvalue weighted by Gasteiger charge is 2.29. The van der Waals surface area contributed by atoms with Crippen LogP contribution < -0.4 is 4.57 Å². The van der Waals surface area contributed by atoms with Gasteiger partial charge in [-0.3, -0.25) is 0 Å². The van der Waals surface area contributed by atoms with Gasteiger partial charge in [0.1, 0.15) is 0 Å². The van der Waals surface area contributed by atoms with Gasteiger partial charge in [0, 0.05) is 31.5 Å². The van der Waals surface area contributed by atoms with E-state index < -0.39 is 0 Å². The molecule has 1 heterocycles. The third kappa shape index (κ3) is 1.99. The van der Waals surface area contributed by atoms with Crippen molar-refractivity contribution in [2.75, 3.05) is 0 Å². The van der Waals surface area contributed by atoms with Crippen molar-refractivity contribution < 1.29 is 4.57 Å². The van der Waals surface area contributed by atoms with E-state index in [1.807, 2.05) is 0 Å². The van der Waals surface area contributed by atoms with Gasteiger partial charge in [-0.2, -0.15) is 4.57 Å². The molecule has 1 nitrogen and oxygen atoms in total. The first-order valence-corrected chi connectivity index (χ1v) is 5.64. The molecule has 82 valence electrons. The fraction of sp³-hybridized carbons (Fsp3) is 0.267. The average Bonchev–Trinajstić information content (AvgIpc) is 2.31. The second kappa shape index (κ2) is 4.09. The molecular weight excluding hydrogens is 194 g/mol. The lowest BCUT2D eigenvalue weighted by Gasteiger charge is -2.19. The van der Waals surface area contributed by atoms with Gasteiger partial charge in [-0.15, -0.1) is 0 Å². The average molecular weight is 212 g/mol. The van der Waals surface area contributed by atoms with E-state index in [1.54, 1.807) is 0 Å². The molecule has 16 heavy (non-hydrogen) atoms. The Morgan fingerprint density at radius 3 is 2.00 bits per heavy atom. The van der Waals surface area contributed by atoms with Crippen LogP contribution in [0.15, 0.2) is 54.9 Å². The minimum absolute atomic E-state index is 0.00500. The zero-order valence-corrected chi connectivity index (χ0v) is 10.1. The van der Waals surface area contributed by atoms with Gasteiger partial charge in [-0.05, 0) is 12.5 Å². The molecule has 0 saturated carbocycles. The highest BCUT2D eigenvalue weighted by atomic mass is 15.0. The van der Waals surface area contributed by atoms with Gasteiger partial charge in [0.2, 0.25) is 0 Å². The van der Waals surface area contributed by atoms with Gasteiger partial charge in [0.05, 0.1) is 0 Å². The molecular formula is C15H18N+. The lowest BCUT2D eigenvalue weighted by molar-refractivity contribution is -0.747. The summed E-state index contributed by atoms with van der Waals surface area (Å²) in [6, 6.07) is 14.9. The first-order chi connectivity index (χ1) is 7.60. The highest BCUT2D eigenvalue weighted by molar-refractivity contribution is 5.20. The van der Waals surface area contributed by atoms with Crippen molar-refractivity contribution in [3.05, 3.63) is 66.0 Å². The van der Waals surface area contributed by atoms with Gasteiger partial charge in [-0.1, -0.05) is 30.3 Å². The maximum atomic E-state index is 2.25. The summed E-state index contributed by atoms with van der Waals surface area (Å²) in [5, 5.41) is 0.